The third-order valence-corrected chi connectivity index (χ3v) is 3.19. The van der Waals surface area contributed by atoms with Gasteiger partial charge in [0.25, 0.3) is 0 Å². The fourth-order valence-electron chi connectivity index (χ4n) is 2.00. The molecule has 0 bridgehead atoms. The molecule has 3 nitrogen and oxygen atoms in total. The molecule has 0 radical (unpaired) electrons. The van der Waals surface area contributed by atoms with E-state index < -0.39 is 0 Å². The summed E-state index contributed by atoms with van der Waals surface area (Å²) in [5, 5.41) is 8.28. The number of aryl methyl sites for hydroxylation is 2. The topological polar surface area (TPSA) is 38.7 Å². The molecule has 0 N–H and O–H groups in total. The maximum atomic E-state index is 4.43. The first-order valence-corrected chi connectivity index (χ1v) is 6.56. The second-order valence-electron chi connectivity index (χ2n) is 4.86. The molecule has 20 heavy (non-hydrogen) atoms. The Kier molecular flexibility index (Phi) is 3.25. The molecule has 0 fully saturated rings. The van der Waals surface area contributed by atoms with E-state index in [4.69, 9.17) is 0 Å². The van der Waals surface area contributed by atoms with Crippen LogP contribution < -0.4 is 0 Å². The Morgan fingerprint density at radius 3 is 1.85 bits per heavy atom. The van der Waals surface area contributed by atoms with E-state index in [9.17, 15) is 0 Å². The van der Waals surface area contributed by atoms with Gasteiger partial charge in [-0.3, -0.25) is 4.98 Å². The van der Waals surface area contributed by atoms with Crippen LogP contribution in [0.3, 0.4) is 0 Å². The lowest BCUT2D eigenvalue weighted by Crippen LogP contribution is -1.90. The van der Waals surface area contributed by atoms with Crippen LogP contribution in [0.5, 0.6) is 0 Å². The zero-order valence-corrected chi connectivity index (χ0v) is 11.5. The van der Waals surface area contributed by atoms with Crippen LogP contribution in [0, 0.1) is 13.8 Å². The second-order valence-corrected chi connectivity index (χ2v) is 4.86. The highest BCUT2D eigenvalue weighted by molar-refractivity contribution is 5.66. The Morgan fingerprint density at radius 1 is 0.650 bits per heavy atom. The van der Waals surface area contributed by atoms with Gasteiger partial charge in [0.05, 0.1) is 17.1 Å². The summed E-state index contributed by atoms with van der Waals surface area (Å²) in [6, 6.07) is 16.3. The normalized spacial score (nSPS) is 10.5. The number of hydrogen-bond donors (Lipinski definition) is 0. The van der Waals surface area contributed by atoms with Gasteiger partial charge in [0.15, 0.2) is 0 Å². The standard InChI is InChI=1S/C17H15N3/c1-12-3-9-16(18-11-12)14-5-7-15(8-6-14)17-10-4-13(2)19-20-17/h3-11H,1-2H3. The monoisotopic (exact) mass is 261 g/mol. The van der Waals surface area contributed by atoms with Gasteiger partial charge in [0.1, 0.15) is 0 Å². The maximum absolute atomic E-state index is 4.43. The van der Waals surface area contributed by atoms with Gasteiger partial charge in [0.2, 0.25) is 0 Å². The van der Waals surface area contributed by atoms with E-state index in [2.05, 4.69) is 45.5 Å². The summed E-state index contributed by atoms with van der Waals surface area (Å²) >= 11 is 0. The molecule has 3 rings (SSSR count). The van der Waals surface area contributed by atoms with Crippen LogP contribution in [0.25, 0.3) is 22.5 Å². The summed E-state index contributed by atoms with van der Waals surface area (Å²) in [5.74, 6) is 0. The minimum absolute atomic E-state index is 0.888. The minimum atomic E-state index is 0.888. The molecule has 3 aromatic rings. The van der Waals surface area contributed by atoms with E-state index in [1.165, 1.54) is 5.56 Å². The zero-order valence-electron chi connectivity index (χ0n) is 11.5. The smallest absolute Gasteiger partial charge is 0.0929 e. The molecule has 98 valence electrons. The van der Waals surface area contributed by atoms with Crippen LogP contribution in [-0.4, -0.2) is 15.2 Å². The van der Waals surface area contributed by atoms with Gasteiger partial charge in [0, 0.05) is 17.3 Å². The maximum Gasteiger partial charge on any atom is 0.0929 e. The van der Waals surface area contributed by atoms with Crippen LogP contribution in [0.4, 0.5) is 0 Å². The van der Waals surface area contributed by atoms with Crippen LogP contribution >= 0.6 is 0 Å². The Morgan fingerprint density at radius 2 is 1.30 bits per heavy atom. The first kappa shape index (κ1) is 12.5. The van der Waals surface area contributed by atoms with Gasteiger partial charge in [-0.25, -0.2) is 0 Å². The van der Waals surface area contributed by atoms with Crippen molar-refractivity contribution in [2.45, 2.75) is 13.8 Å². The molecule has 2 heterocycles. The highest BCUT2D eigenvalue weighted by Gasteiger charge is 2.02. The highest BCUT2D eigenvalue weighted by atomic mass is 15.1. The van der Waals surface area contributed by atoms with Crippen molar-refractivity contribution in [1.29, 1.82) is 0 Å². The summed E-state index contributed by atoms with van der Waals surface area (Å²) < 4.78 is 0. The predicted molar refractivity (Wildman–Crippen MR) is 80.2 cm³/mol. The summed E-state index contributed by atoms with van der Waals surface area (Å²) in [4.78, 5) is 4.43. The Balaban J connectivity index is 1.91. The molecule has 0 amide bonds. The van der Waals surface area contributed by atoms with Gasteiger partial charge in [-0.1, -0.05) is 30.3 Å². The average Bonchev–Trinajstić information content (AvgIpc) is 2.49. The van der Waals surface area contributed by atoms with Crippen LogP contribution in [0.2, 0.25) is 0 Å². The van der Waals surface area contributed by atoms with Crippen LogP contribution in [0.15, 0.2) is 54.7 Å². The number of hydrogen-bond acceptors (Lipinski definition) is 3. The summed E-state index contributed by atoms with van der Waals surface area (Å²) in [6.45, 7) is 3.97. The molecule has 1 aromatic carbocycles. The molecule has 3 heteroatoms. The Hall–Kier alpha value is -2.55. The molecule has 0 atom stereocenters. The van der Waals surface area contributed by atoms with Crippen molar-refractivity contribution in [2.24, 2.45) is 0 Å². The molecule has 0 saturated carbocycles. The van der Waals surface area contributed by atoms with Crippen molar-refractivity contribution in [3.8, 4) is 22.5 Å². The van der Waals surface area contributed by atoms with Gasteiger partial charge >= 0.3 is 0 Å². The molecule has 2 aromatic heterocycles. The SMILES string of the molecule is Cc1ccc(-c2ccc(-c3ccc(C)nn3)cc2)nc1. The zero-order chi connectivity index (χ0) is 13.9. The van der Waals surface area contributed by atoms with Gasteiger partial charge in [-0.05, 0) is 37.6 Å². The highest BCUT2D eigenvalue weighted by Crippen LogP contribution is 2.22. The third-order valence-electron chi connectivity index (χ3n) is 3.19. The first-order valence-electron chi connectivity index (χ1n) is 6.56. The van der Waals surface area contributed by atoms with E-state index in [1.54, 1.807) is 0 Å². The molecular weight excluding hydrogens is 246 g/mol. The number of pyridine rings is 1. The van der Waals surface area contributed by atoms with Crippen molar-refractivity contribution in [3.63, 3.8) is 0 Å². The lowest BCUT2D eigenvalue weighted by Gasteiger charge is -2.04. The van der Waals surface area contributed by atoms with Gasteiger partial charge in [-0.2, -0.15) is 10.2 Å². The number of benzene rings is 1. The van der Waals surface area contributed by atoms with E-state index >= 15 is 0 Å². The largest absolute Gasteiger partial charge is 0.256 e. The third kappa shape index (κ3) is 2.57. The Bertz CT molecular complexity index is 634. The van der Waals surface area contributed by atoms with Crippen LogP contribution in [-0.2, 0) is 0 Å². The summed E-state index contributed by atoms with van der Waals surface area (Å²) in [5.41, 5.74) is 6.13. The Labute approximate surface area is 118 Å². The van der Waals surface area contributed by atoms with Gasteiger partial charge in [-0.15, -0.1) is 0 Å². The molecule has 0 saturated heterocycles. The molecule has 0 aliphatic heterocycles. The fourth-order valence-corrected chi connectivity index (χ4v) is 2.00. The lowest BCUT2D eigenvalue weighted by molar-refractivity contribution is 0.987. The average molecular weight is 261 g/mol. The first-order chi connectivity index (χ1) is 9.72. The molecule has 0 aliphatic carbocycles. The van der Waals surface area contributed by atoms with Crippen molar-refractivity contribution >= 4 is 0 Å². The minimum Gasteiger partial charge on any atom is -0.256 e. The number of aromatic nitrogens is 3. The van der Waals surface area contributed by atoms with Crippen molar-refractivity contribution in [2.75, 3.05) is 0 Å². The number of rotatable bonds is 2. The van der Waals surface area contributed by atoms with Crippen molar-refractivity contribution in [1.82, 2.24) is 15.2 Å². The van der Waals surface area contributed by atoms with Crippen molar-refractivity contribution in [3.05, 3.63) is 66.0 Å². The molecular formula is C17H15N3. The van der Waals surface area contributed by atoms with E-state index in [0.717, 1.165) is 28.2 Å². The van der Waals surface area contributed by atoms with E-state index in [-0.39, 0.29) is 0 Å². The fraction of sp³-hybridized carbons (Fsp3) is 0.118. The molecule has 0 unspecified atom stereocenters. The second kappa shape index (κ2) is 5.21. The van der Waals surface area contributed by atoms with Crippen LogP contribution in [0.1, 0.15) is 11.3 Å². The summed E-state index contributed by atoms with van der Waals surface area (Å²) in [6.07, 6.45) is 1.88. The predicted octanol–water partition coefficient (Wildman–Crippen LogP) is 3.82. The number of nitrogens with zero attached hydrogens (tertiary/aromatic N) is 3. The molecule has 0 spiro atoms. The van der Waals surface area contributed by atoms with Gasteiger partial charge < -0.3 is 0 Å². The molecule has 0 aliphatic rings. The van der Waals surface area contributed by atoms with Crippen molar-refractivity contribution < 1.29 is 0 Å². The lowest BCUT2D eigenvalue weighted by atomic mass is 10.1. The van der Waals surface area contributed by atoms with E-state index in [1.807, 2.05) is 38.2 Å². The summed E-state index contributed by atoms with van der Waals surface area (Å²) in [7, 11) is 0. The quantitative estimate of drug-likeness (QED) is 0.704. The van der Waals surface area contributed by atoms with E-state index in [0.29, 0.717) is 0 Å².